The molecule has 0 bridgehead atoms. The highest BCUT2D eigenvalue weighted by atomic mass is 19.1. The zero-order valence-electron chi connectivity index (χ0n) is 16.3. The van der Waals surface area contributed by atoms with Gasteiger partial charge in [-0.3, -0.25) is 0 Å². The number of halogens is 1. The molecule has 1 saturated heterocycles. The summed E-state index contributed by atoms with van der Waals surface area (Å²) >= 11 is 0. The van der Waals surface area contributed by atoms with Crippen LogP contribution in [0.15, 0.2) is 42.7 Å². The number of H-pyrrole nitrogens is 1. The monoisotopic (exact) mass is 406 g/mol. The number of nitrogens with zero attached hydrogens (tertiary/aromatic N) is 3. The number of piperazine rings is 1. The number of hydrogen-bond donors (Lipinski definition) is 2. The van der Waals surface area contributed by atoms with Crippen LogP contribution in [0.25, 0.3) is 21.9 Å². The summed E-state index contributed by atoms with van der Waals surface area (Å²) in [6.07, 6.45) is 1.57. The molecule has 2 N–H and O–H groups in total. The highest BCUT2D eigenvalue weighted by Crippen LogP contribution is 2.32. The fraction of sp³-hybridized carbons (Fsp3) is 0.273. The highest BCUT2D eigenvalue weighted by molar-refractivity contribution is 6.08. The average Bonchev–Trinajstić information content (AvgIpc) is 3.38. The van der Waals surface area contributed by atoms with Crippen molar-refractivity contribution in [1.82, 2.24) is 15.0 Å². The molecule has 2 aliphatic rings. The Morgan fingerprint density at radius 1 is 1.03 bits per heavy atom. The topological polar surface area (TPSA) is 67.7 Å². The van der Waals surface area contributed by atoms with E-state index < -0.39 is 0 Å². The number of aromatic amines is 1. The zero-order chi connectivity index (χ0) is 20.1. The molecule has 0 radical (unpaired) electrons. The van der Waals surface area contributed by atoms with Crippen molar-refractivity contribution in [1.29, 1.82) is 0 Å². The van der Waals surface area contributed by atoms with Gasteiger partial charge in [-0.1, -0.05) is 0 Å². The fourth-order valence-corrected chi connectivity index (χ4v) is 4.44. The van der Waals surface area contributed by atoms with Crippen LogP contribution in [0.3, 0.4) is 0 Å². The van der Waals surface area contributed by atoms with Gasteiger partial charge in [-0.15, -0.1) is 0 Å². The van der Waals surface area contributed by atoms with Crippen molar-refractivity contribution in [3.8, 4) is 11.5 Å². The fourth-order valence-electron chi connectivity index (χ4n) is 4.44. The predicted molar refractivity (Wildman–Crippen MR) is 111 cm³/mol. The van der Waals surface area contributed by atoms with Crippen LogP contribution in [-0.2, 0) is 6.54 Å². The summed E-state index contributed by atoms with van der Waals surface area (Å²) in [4.78, 5) is 16.1. The van der Waals surface area contributed by atoms with Crippen molar-refractivity contribution in [2.75, 3.05) is 37.9 Å². The Morgan fingerprint density at radius 2 is 1.90 bits per heavy atom. The van der Waals surface area contributed by atoms with Gasteiger partial charge >= 0.3 is 0 Å². The minimum Gasteiger partial charge on any atom is -0.454 e. The Morgan fingerprint density at radius 3 is 2.80 bits per heavy atom. The second-order valence-corrected chi connectivity index (χ2v) is 7.84. The number of hydrogen-bond acceptors (Lipinski definition) is 5. The predicted octanol–water partition coefficient (Wildman–Crippen LogP) is 1.88. The summed E-state index contributed by atoms with van der Waals surface area (Å²) in [7, 11) is 0. The van der Waals surface area contributed by atoms with Gasteiger partial charge < -0.3 is 24.3 Å². The third kappa shape index (κ3) is 2.91. The number of nitrogens with one attached hydrogen (secondary N) is 2. The molecule has 0 atom stereocenters. The Bertz CT molecular complexity index is 1250. The lowest BCUT2D eigenvalue weighted by Crippen LogP contribution is -3.13. The first kappa shape index (κ1) is 17.5. The van der Waals surface area contributed by atoms with E-state index in [0.29, 0.717) is 6.79 Å². The maximum absolute atomic E-state index is 13.7. The number of rotatable bonds is 3. The molecule has 0 aliphatic carbocycles. The van der Waals surface area contributed by atoms with Crippen LogP contribution in [0.2, 0.25) is 0 Å². The number of benzene rings is 2. The van der Waals surface area contributed by atoms with Gasteiger partial charge in [-0.25, -0.2) is 14.4 Å². The van der Waals surface area contributed by atoms with E-state index in [4.69, 9.17) is 9.47 Å². The van der Waals surface area contributed by atoms with Crippen molar-refractivity contribution in [3.63, 3.8) is 0 Å². The molecule has 0 spiro atoms. The first-order chi connectivity index (χ1) is 14.7. The van der Waals surface area contributed by atoms with Crippen molar-refractivity contribution in [2.45, 2.75) is 6.54 Å². The molecule has 7 nitrogen and oxygen atoms in total. The molecular weight excluding hydrogens is 385 g/mol. The maximum atomic E-state index is 13.7. The Hall–Kier alpha value is -3.39. The van der Waals surface area contributed by atoms with Crippen LogP contribution in [-0.4, -0.2) is 47.9 Å². The molecule has 30 heavy (non-hydrogen) atoms. The van der Waals surface area contributed by atoms with Gasteiger partial charge in [-0.2, -0.15) is 0 Å². The van der Waals surface area contributed by atoms with E-state index >= 15 is 0 Å². The van der Waals surface area contributed by atoms with Gasteiger partial charge in [0.15, 0.2) is 17.3 Å². The van der Waals surface area contributed by atoms with E-state index in [2.05, 4.69) is 32.0 Å². The molecule has 1 fully saturated rings. The largest absolute Gasteiger partial charge is 0.454 e. The molecule has 2 aromatic heterocycles. The minimum atomic E-state index is -0.260. The summed E-state index contributed by atoms with van der Waals surface area (Å²) in [5.74, 6) is 2.29. The van der Waals surface area contributed by atoms with Gasteiger partial charge in [0.05, 0.1) is 26.2 Å². The molecule has 4 heterocycles. The van der Waals surface area contributed by atoms with Crippen molar-refractivity contribution < 1.29 is 18.8 Å². The molecule has 0 amide bonds. The highest BCUT2D eigenvalue weighted by Gasteiger charge is 2.24. The van der Waals surface area contributed by atoms with Crippen LogP contribution in [0, 0.1) is 5.82 Å². The van der Waals surface area contributed by atoms with Crippen molar-refractivity contribution in [3.05, 3.63) is 54.1 Å². The number of ether oxygens (including phenoxy) is 2. The second-order valence-electron chi connectivity index (χ2n) is 7.84. The van der Waals surface area contributed by atoms with Crippen LogP contribution >= 0.6 is 0 Å². The van der Waals surface area contributed by atoms with Crippen molar-refractivity contribution >= 4 is 27.8 Å². The Labute approximate surface area is 172 Å². The van der Waals surface area contributed by atoms with Gasteiger partial charge in [0, 0.05) is 16.5 Å². The average molecular weight is 406 g/mol. The van der Waals surface area contributed by atoms with E-state index in [1.165, 1.54) is 22.6 Å². The third-order valence-electron chi connectivity index (χ3n) is 5.98. The smallest absolute Gasteiger partial charge is 0.231 e. The zero-order valence-corrected chi connectivity index (χ0v) is 16.3. The van der Waals surface area contributed by atoms with E-state index in [-0.39, 0.29) is 5.82 Å². The quantitative estimate of drug-likeness (QED) is 0.544. The van der Waals surface area contributed by atoms with Gasteiger partial charge in [-0.05, 0) is 36.4 Å². The first-order valence-electron chi connectivity index (χ1n) is 10.1. The molecule has 4 aromatic rings. The normalized spacial score (nSPS) is 16.6. The van der Waals surface area contributed by atoms with E-state index in [0.717, 1.165) is 72.0 Å². The SMILES string of the molecule is Fc1ccc2[nH]c3c(N4CC[NH+](Cc5ccc6c(c5)OCO6)CC4)ncnc3c2c1. The Balaban J connectivity index is 1.21. The van der Waals surface area contributed by atoms with Gasteiger partial charge in [0.1, 0.15) is 29.7 Å². The summed E-state index contributed by atoms with van der Waals surface area (Å²) in [6.45, 7) is 5.07. The van der Waals surface area contributed by atoms with Gasteiger partial charge in [0.25, 0.3) is 0 Å². The lowest BCUT2D eigenvalue weighted by Gasteiger charge is -2.33. The van der Waals surface area contributed by atoms with Crippen molar-refractivity contribution in [2.24, 2.45) is 0 Å². The molecule has 0 saturated carbocycles. The van der Waals surface area contributed by atoms with Crippen LogP contribution in [0.4, 0.5) is 10.2 Å². The van der Waals surface area contributed by atoms with E-state index in [1.807, 2.05) is 6.07 Å². The van der Waals surface area contributed by atoms with Crippen LogP contribution in [0.5, 0.6) is 11.5 Å². The van der Waals surface area contributed by atoms with Gasteiger partial charge in [0.2, 0.25) is 6.79 Å². The first-order valence-corrected chi connectivity index (χ1v) is 10.1. The lowest BCUT2D eigenvalue weighted by molar-refractivity contribution is -0.914. The second kappa shape index (κ2) is 6.84. The summed E-state index contributed by atoms with van der Waals surface area (Å²) in [6, 6.07) is 10.9. The summed E-state index contributed by atoms with van der Waals surface area (Å²) in [5.41, 5.74) is 3.77. The van der Waals surface area contributed by atoms with E-state index in [9.17, 15) is 4.39 Å². The number of aromatic nitrogens is 3. The van der Waals surface area contributed by atoms with Crippen LogP contribution < -0.4 is 19.3 Å². The minimum absolute atomic E-state index is 0.260. The maximum Gasteiger partial charge on any atom is 0.231 e. The summed E-state index contributed by atoms with van der Waals surface area (Å²) < 4.78 is 24.6. The Kier molecular flexibility index (Phi) is 3.98. The molecule has 2 aliphatic heterocycles. The molecule has 0 unspecified atom stereocenters. The number of quaternary nitrogens is 1. The standard InChI is InChI=1S/C22H20FN5O2/c23-15-2-3-17-16(10-15)20-21(26-17)22(25-12-24-20)28-7-5-27(6-8-28)11-14-1-4-18-19(9-14)30-13-29-18/h1-4,9-10,12,26H,5-8,11,13H2/p+1. The number of anilines is 1. The lowest BCUT2D eigenvalue weighted by atomic mass is 10.1. The molecule has 152 valence electrons. The summed E-state index contributed by atoms with van der Waals surface area (Å²) in [5, 5.41) is 0.792. The molecule has 6 rings (SSSR count). The molecular formula is C22H21FN5O2+. The molecule has 2 aromatic carbocycles. The van der Waals surface area contributed by atoms with Crippen LogP contribution in [0.1, 0.15) is 5.56 Å². The number of fused-ring (bicyclic) bond motifs is 4. The third-order valence-corrected chi connectivity index (χ3v) is 5.98. The molecule has 8 heteroatoms. The van der Waals surface area contributed by atoms with E-state index in [1.54, 1.807) is 12.4 Å².